The van der Waals surface area contributed by atoms with Gasteiger partial charge < -0.3 is 14.8 Å². The molecule has 27 heavy (non-hydrogen) atoms. The molecule has 0 bridgehead atoms. The molecule has 1 N–H and O–H groups in total. The van der Waals surface area contributed by atoms with Gasteiger partial charge in [-0.05, 0) is 30.5 Å². The van der Waals surface area contributed by atoms with E-state index in [-0.39, 0.29) is 24.4 Å². The molecule has 2 aliphatic heterocycles. The van der Waals surface area contributed by atoms with Crippen LogP contribution in [0.3, 0.4) is 0 Å². The van der Waals surface area contributed by atoms with Gasteiger partial charge >= 0.3 is 0 Å². The first-order valence-corrected chi connectivity index (χ1v) is 9.48. The number of carbonyl (C=O) groups excluding carboxylic acids is 2. The van der Waals surface area contributed by atoms with E-state index in [9.17, 15) is 9.59 Å². The van der Waals surface area contributed by atoms with Crippen LogP contribution in [0.5, 0.6) is 0 Å². The monoisotopic (exact) mass is 359 g/mol. The van der Waals surface area contributed by atoms with Crippen molar-refractivity contribution >= 4 is 22.7 Å². The molecule has 2 aromatic carbocycles. The minimum absolute atomic E-state index is 0.0403. The van der Waals surface area contributed by atoms with E-state index < -0.39 is 0 Å². The SMILES string of the molecule is O=C(CN1C(=O)c2ccccc2[C@H]1c1c[nH]c2ccccc12)N1CCCC1. The van der Waals surface area contributed by atoms with Crippen molar-refractivity contribution in [1.82, 2.24) is 14.8 Å². The summed E-state index contributed by atoms with van der Waals surface area (Å²) in [6, 6.07) is 15.5. The van der Waals surface area contributed by atoms with Gasteiger partial charge in [0.25, 0.3) is 5.91 Å². The third-order valence-corrected chi connectivity index (χ3v) is 5.74. The molecule has 5 rings (SSSR count). The van der Waals surface area contributed by atoms with Gasteiger partial charge in [-0.25, -0.2) is 0 Å². The van der Waals surface area contributed by atoms with Crippen LogP contribution in [0.15, 0.2) is 54.7 Å². The van der Waals surface area contributed by atoms with Gasteiger partial charge in [-0.1, -0.05) is 36.4 Å². The molecular weight excluding hydrogens is 338 g/mol. The summed E-state index contributed by atoms with van der Waals surface area (Å²) in [7, 11) is 0. The summed E-state index contributed by atoms with van der Waals surface area (Å²) in [5, 5.41) is 1.09. The largest absolute Gasteiger partial charge is 0.361 e. The molecular formula is C22H21N3O2. The van der Waals surface area contributed by atoms with Gasteiger partial charge in [-0.3, -0.25) is 9.59 Å². The molecule has 0 saturated carbocycles. The molecule has 3 aromatic rings. The predicted molar refractivity (Wildman–Crippen MR) is 103 cm³/mol. The summed E-state index contributed by atoms with van der Waals surface area (Å²) in [6.45, 7) is 1.72. The van der Waals surface area contributed by atoms with E-state index in [1.54, 1.807) is 4.90 Å². The first-order valence-electron chi connectivity index (χ1n) is 9.48. The molecule has 0 radical (unpaired) electrons. The van der Waals surface area contributed by atoms with Crippen molar-refractivity contribution in [2.45, 2.75) is 18.9 Å². The highest BCUT2D eigenvalue weighted by atomic mass is 16.2. The summed E-state index contributed by atoms with van der Waals surface area (Å²) in [4.78, 5) is 32.9. The maximum Gasteiger partial charge on any atom is 0.255 e. The lowest BCUT2D eigenvalue weighted by Crippen LogP contribution is -2.40. The number of benzene rings is 2. The van der Waals surface area contributed by atoms with Crippen LogP contribution in [0, 0.1) is 0 Å². The van der Waals surface area contributed by atoms with Crippen LogP contribution in [-0.4, -0.2) is 46.2 Å². The second kappa shape index (κ2) is 6.27. The summed E-state index contributed by atoms with van der Waals surface area (Å²) in [6.07, 6.45) is 4.07. The van der Waals surface area contributed by atoms with Crippen molar-refractivity contribution in [3.63, 3.8) is 0 Å². The number of nitrogens with one attached hydrogen (secondary N) is 1. The Morgan fingerprint density at radius 3 is 2.59 bits per heavy atom. The van der Waals surface area contributed by atoms with E-state index in [4.69, 9.17) is 0 Å². The minimum atomic E-state index is -0.239. The van der Waals surface area contributed by atoms with E-state index in [0.29, 0.717) is 5.56 Å². The number of hydrogen-bond acceptors (Lipinski definition) is 2. The zero-order valence-electron chi connectivity index (χ0n) is 15.0. The Labute approximate surface area is 157 Å². The van der Waals surface area contributed by atoms with Crippen molar-refractivity contribution in [1.29, 1.82) is 0 Å². The van der Waals surface area contributed by atoms with E-state index in [1.165, 1.54) is 0 Å². The summed E-state index contributed by atoms with van der Waals surface area (Å²) >= 11 is 0. The molecule has 0 unspecified atom stereocenters. The maximum atomic E-state index is 13.1. The summed E-state index contributed by atoms with van der Waals surface area (Å²) in [5.74, 6) is -0.0214. The summed E-state index contributed by atoms with van der Waals surface area (Å²) < 4.78 is 0. The van der Waals surface area contributed by atoms with Crippen molar-refractivity contribution in [3.8, 4) is 0 Å². The minimum Gasteiger partial charge on any atom is -0.361 e. The lowest BCUT2D eigenvalue weighted by atomic mass is 9.97. The fourth-order valence-corrected chi connectivity index (χ4v) is 4.40. The van der Waals surface area contributed by atoms with Gasteiger partial charge in [0.1, 0.15) is 6.54 Å². The second-order valence-electron chi connectivity index (χ2n) is 7.30. The number of aromatic amines is 1. The van der Waals surface area contributed by atoms with Crippen LogP contribution in [-0.2, 0) is 4.79 Å². The Balaban J connectivity index is 1.58. The lowest BCUT2D eigenvalue weighted by Gasteiger charge is -2.27. The Kier molecular flexibility index (Phi) is 3.74. The smallest absolute Gasteiger partial charge is 0.255 e. The number of H-pyrrole nitrogens is 1. The average molecular weight is 359 g/mol. The quantitative estimate of drug-likeness (QED) is 0.780. The molecule has 1 atom stereocenters. The molecule has 3 heterocycles. The molecule has 1 saturated heterocycles. The van der Waals surface area contributed by atoms with Gasteiger partial charge in [0.05, 0.1) is 6.04 Å². The molecule has 1 aromatic heterocycles. The van der Waals surface area contributed by atoms with Gasteiger partial charge in [0, 0.05) is 41.3 Å². The highest BCUT2D eigenvalue weighted by molar-refractivity contribution is 6.02. The number of aromatic nitrogens is 1. The Morgan fingerprint density at radius 2 is 1.74 bits per heavy atom. The molecule has 2 amide bonds. The number of hydrogen-bond donors (Lipinski definition) is 1. The van der Waals surface area contributed by atoms with E-state index in [0.717, 1.165) is 48.0 Å². The zero-order chi connectivity index (χ0) is 18.4. The maximum absolute atomic E-state index is 13.1. The predicted octanol–water partition coefficient (Wildman–Crippen LogP) is 3.34. The van der Waals surface area contributed by atoms with E-state index >= 15 is 0 Å². The third kappa shape index (κ3) is 2.53. The first kappa shape index (κ1) is 16.1. The Bertz CT molecular complexity index is 1030. The summed E-state index contributed by atoms with van der Waals surface area (Å²) in [5.41, 5.74) is 3.75. The average Bonchev–Trinajstić information content (AvgIpc) is 3.42. The Hall–Kier alpha value is -3.08. The molecule has 0 aliphatic carbocycles. The number of amides is 2. The topological polar surface area (TPSA) is 56.4 Å². The van der Waals surface area contributed by atoms with Crippen LogP contribution in [0.2, 0.25) is 0 Å². The number of para-hydroxylation sites is 1. The van der Waals surface area contributed by atoms with Gasteiger partial charge in [-0.2, -0.15) is 0 Å². The molecule has 1 fully saturated rings. The highest BCUT2D eigenvalue weighted by Gasteiger charge is 2.40. The normalized spacial score (nSPS) is 19.1. The highest BCUT2D eigenvalue weighted by Crippen LogP contribution is 2.41. The number of nitrogens with zero attached hydrogens (tertiary/aromatic N) is 2. The number of fused-ring (bicyclic) bond motifs is 2. The lowest BCUT2D eigenvalue weighted by molar-refractivity contribution is -0.131. The van der Waals surface area contributed by atoms with Crippen LogP contribution in [0.4, 0.5) is 0 Å². The van der Waals surface area contributed by atoms with Gasteiger partial charge in [-0.15, -0.1) is 0 Å². The van der Waals surface area contributed by atoms with Gasteiger partial charge in [0.2, 0.25) is 5.91 Å². The van der Waals surface area contributed by atoms with E-state index in [1.807, 2.05) is 53.6 Å². The van der Waals surface area contributed by atoms with E-state index in [2.05, 4.69) is 11.1 Å². The Morgan fingerprint density at radius 1 is 1.00 bits per heavy atom. The molecule has 2 aliphatic rings. The van der Waals surface area contributed by atoms with Crippen LogP contribution < -0.4 is 0 Å². The van der Waals surface area contributed by atoms with Crippen molar-refractivity contribution in [2.24, 2.45) is 0 Å². The standard InChI is InChI=1S/C22H21N3O2/c26-20(24-11-5-6-12-24)14-25-21(16-8-1-2-9-17(16)22(25)27)18-13-23-19-10-4-3-7-15(18)19/h1-4,7-10,13,21,23H,5-6,11-12,14H2/t21-/m0/s1. The number of likely N-dealkylation sites (tertiary alicyclic amines) is 1. The zero-order valence-corrected chi connectivity index (χ0v) is 15.0. The van der Waals surface area contributed by atoms with Crippen LogP contribution in [0.25, 0.3) is 10.9 Å². The van der Waals surface area contributed by atoms with Crippen molar-refractivity contribution < 1.29 is 9.59 Å². The molecule has 5 heteroatoms. The fraction of sp³-hybridized carbons (Fsp3) is 0.273. The third-order valence-electron chi connectivity index (χ3n) is 5.74. The fourth-order valence-electron chi connectivity index (χ4n) is 4.40. The van der Waals surface area contributed by atoms with Crippen LogP contribution >= 0.6 is 0 Å². The first-order chi connectivity index (χ1) is 13.2. The van der Waals surface area contributed by atoms with Crippen molar-refractivity contribution in [2.75, 3.05) is 19.6 Å². The van der Waals surface area contributed by atoms with Crippen LogP contribution in [0.1, 0.15) is 40.4 Å². The molecule has 136 valence electrons. The second-order valence-corrected chi connectivity index (χ2v) is 7.30. The number of carbonyl (C=O) groups is 2. The van der Waals surface area contributed by atoms with Gasteiger partial charge in [0.15, 0.2) is 0 Å². The molecule has 0 spiro atoms. The number of rotatable bonds is 3. The molecule has 5 nitrogen and oxygen atoms in total. The van der Waals surface area contributed by atoms with Crippen molar-refractivity contribution in [3.05, 3.63) is 71.4 Å².